The number of nitrogens with one attached hydrogen (secondary N) is 1. The number of nitriles is 1. The maximum absolute atomic E-state index is 10.1. The Labute approximate surface area is 172 Å². The molecule has 2 N–H and O–H groups in total. The van der Waals surface area contributed by atoms with Gasteiger partial charge in [0.15, 0.2) is 11.5 Å². The van der Waals surface area contributed by atoms with Crippen molar-refractivity contribution in [2.45, 2.75) is 19.4 Å². The number of methoxy groups -OCH3 is 2. The van der Waals surface area contributed by atoms with Crippen molar-refractivity contribution in [3.8, 4) is 23.3 Å². The minimum atomic E-state index is -0.610. The molecule has 1 atom stereocenters. The molecule has 0 saturated carbocycles. The Morgan fingerprint density at radius 3 is 2.52 bits per heavy atom. The van der Waals surface area contributed by atoms with Crippen molar-refractivity contribution in [2.24, 2.45) is 0 Å². The summed E-state index contributed by atoms with van der Waals surface area (Å²) in [5.74, 6) is 2.10. The maximum Gasteiger partial charge on any atom is 0.160 e. The van der Waals surface area contributed by atoms with E-state index in [0.717, 1.165) is 24.1 Å². The van der Waals surface area contributed by atoms with E-state index in [2.05, 4.69) is 11.4 Å². The van der Waals surface area contributed by atoms with Crippen molar-refractivity contribution in [3.05, 3.63) is 59.2 Å². The summed E-state index contributed by atoms with van der Waals surface area (Å²) in [7, 11) is 3.23. The largest absolute Gasteiger partial charge is 0.493 e. The molecule has 29 heavy (non-hydrogen) atoms. The first kappa shape index (κ1) is 22.3. The van der Waals surface area contributed by atoms with Gasteiger partial charge in [-0.05, 0) is 61.4 Å². The molecule has 0 bridgehead atoms. The molecule has 6 heteroatoms. The van der Waals surface area contributed by atoms with Crippen LogP contribution in [0, 0.1) is 11.3 Å². The molecule has 0 fully saturated rings. The molecular formula is C23H28N2O4. The highest BCUT2D eigenvalue weighted by molar-refractivity contribution is 5.56. The van der Waals surface area contributed by atoms with Crippen molar-refractivity contribution in [2.75, 3.05) is 33.9 Å². The normalized spacial score (nSPS) is 12.2. The van der Waals surface area contributed by atoms with E-state index in [0.29, 0.717) is 29.4 Å². The average Bonchev–Trinajstić information content (AvgIpc) is 2.75. The van der Waals surface area contributed by atoms with Crippen LogP contribution in [0.2, 0.25) is 0 Å². The van der Waals surface area contributed by atoms with E-state index < -0.39 is 6.10 Å². The van der Waals surface area contributed by atoms with Crippen molar-refractivity contribution in [1.29, 1.82) is 5.26 Å². The quantitative estimate of drug-likeness (QED) is 0.448. The molecule has 0 saturated heterocycles. The minimum Gasteiger partial charge on any atom is -0.493 e. The molecule has 0 aliphatic carbocycles. The molecule has 0 aliphatic heterocycles. The number of aliphatic hydroxyl groups is 1. The van der Waals surface area contributed by atoms with Crippen molar-refractivity contribution < 1.29 is 19.3 Å². The fraction of sp³-hybridized carbons (Fsp3) is 0.348. The van der Waals surface area contributed by atoms with E-state index in [1.54, 1.807) is 27.2 Å². The van der Waals surface area contributed by atoms with Gasteiger partial charge in [-0.3, -0.25) is 0 Å². The molecule has 154 valence electrons. The van der Waals surface area contributed by atoms with E-state index in [9.17, 15) is 5.11 Å². The SMILES string of the molecule is COc1ccc(CCNCC(O)COc2ccc(/C=C(\C)C#N)cc2)cc1OC. The third-order valence-electron chi connectivity index (χ3n) is 4.30. The van der Waals surface area contributed by atoms with Crippen LogP contribution in [0.25, 0.3) is 6.08 Å². The third-order valence-corrected chi connectivity index (χ3v) is 4.30. The van der Waals surface area contributed by atoms with Gasteiger partial charge in [0.05, 0.1) is 20.3 Å². The number of hydrogen-bond donors (Lipinski definition) is 2. The molecule has 0 aromatic heterocycles. The van der Waals surface area contributed by atoms with Crippen LogP contribution in [-0.2, 0) is 6.42 Å². The number of allylic oxidation sites excluding steroid dienone is 1. The van der Waals surface area contributed by atoms with Crippen molar-refractivity contribution in [1.82, 2.24) is 5.32 Å². The van der Waals surface area contributed by atoms with Gasteiger partial charge in [0, 0.05) is 12.1 Å². The fourth-order valence-electron chi connectivity index (χ4n) is 2.73. The Balaban J connectivity index is 1.70. The van der Waals surface area contributed by atoms with Gasteiger partial charge in [-0.2, -0.15) is 5.26 Å². The first-order valence-electron chi connectivity index (χ1n) is 9.46. The lowest BCUT2D eigenvalue weighted by Gasteiger charge is -2.14. The van der Waals surface area contributed by atoms with Crippen LogP contribution in [0.3, 0.4) is 0 Å². The number of nitrogens with zero attached hydrogens (tertiary/aromatic N) is 1. The van der Waals surface area contributed by atoms with Gasteiger partial charge >= 0.3 is 0 Å². The second-order valence-corrected chi connectivity index (χ2v) is 6.62. The first-order chi connectivity index (χ1) is 14.0. The highest BCUT2D eigenvalue weighted by Gasteiger charge is 2.07. The standard InChI is InChI=1S/C23H28N2O4/c1-17(14-24)12-18-4-7-21(8-5-18)29-16-20(26)15-25-11-10-19-6-9-22(27-2)23(13-19)28-3/h4-9,12-13,20,25-26H,10-11,15-16H2,1-3H3/b17-12+. The third kappa shape index (κ3) is 7.49. The minimum absolute atomic E-state index is 0.204. The van der Waals surface area contributed by atoms with Crippen molar-refractivity contribution in [3.63, 3.8) is 0 Å². The second kappa shape index (κ2) is 11.7. The summed E-state index contributed by atoms with van der Waals surface area (Å²) in [5, 5.41) is 22.1. The van der Waals surface area contributed by atoms with Crippen LogP contribution in [0.5, 0.6) is 17.2 Å². The molecule has 6 nitrogen and oxygen atoms in total. The molecule has 1 unspecified atom stereocenters. The van der Waals surface area contributed by atoms with Crippen LogP contribution in [0.4, 0.5) is 0 Å². The molecule has 0 heterocycles. The lowest BCUT2D eigenvalue weighted by Crippen LogP contribution is -2.32. The molecule has 2 aromatic carbocycles. The summed E-state index contributed by atoms with van der Waals surface area (Å²) in [6.07, 6.45) is 2.01. The zero-order valence-corrected chi connectivity index (χ0v) is 17.1. The Morgan fingerprint density at radius 2 is 1.86 bits per heavy atom. The van der Waals surface area contributed by atoms with Crippen molar-refractivity contribution >= 4 is 6.08 Å². The summed E-state index contributed by atoms with van der Waals surface area (Å²) < 4.78 is 16.2. The zero-order chi connectivity index (χ0) is 21.1. The molecule has 0 spiro atoms. The van der Waals surface area contributed by atoms with Gasteiger partial charge < -0.3 is 24.6 Å². The van der Waals surface area contributed by atoms with E-state index in [1.807, 2.05) is 42.5 Å². The van der Waals surface area contributed by atoms with Gasteiger partial charge in [-0.25, -0.2) is 0 Å². The smallest absolute Gasteiger partial charge is 0.160 e. The lowest BCUT2D eigenvalue weighted by molar-refractivity contribution is 0.106. The number of ether oxygens (including phenoxy) is 3. The van der Waals surface area contributed by atoms with Crippen LogP contribution in [0.1, 0.15) is 18.1 Å². The highest BCUT2D eigenvalue weighted by Crippen LogP contribution is 2.27. The second-order valence-electron chi connectivity index (χ2n) is 6.62. The molecule has 2 aromatic rings. The monoisotopic (exact) mass is 396 g/mol. The van der Waals surface area contributed by atoms with E-state index >= 15 is 0 Å². The Hall–Kier alpha value is -3.01. The molecule has 0 aliphatic rings. The lowest BCUT2D eigenvalue weighted by atomic mass is 10.1. The molecular weight excluding hydrogens is 368 g/mol. The number of rotatable bonds is 11. The van der Waals surface area contributed by atoms with E-state index in [-0.39, 0.29) is 6.61 Å². The number of aliphatic hydroxyl groups excluding tert-OH is 1. The number of benzene rings is 2. The fourth-order valence-corrected chi connectivity index (χ4v) is 2.73. The highest BCUT2D eigenvalue weighted by atomic mass is 16.5. The first-order valence-corrected chi connectivity index (χ1v) is 9.46. The molecule has 2 rings (SSSR count). The van der Waals surface area contributed by atoms with Crippen LogP contribution in [0.15, 0.2) is 48.0 Å². The predicted molar refractivity (Wildman–Crippen MR) is 113 cm³/mol. The Bertz CT molecular complexity index is 841. The van der Waals surface area contributed by atoms with Gasteiger partial charge in [-0.15, -0.1) is 0 Å². The summed E-state index contributed by atoms with van der Waals surface area (Å²) in [6.45, 7) is 3.13. The average molecular weight is 396 g/mol. The van der Waals surface area contributed by atoms with Gasteiger partial charge in [-0.1, -0.05) is 18.2 Å². The Kier molecular flexibility index (Phi) is 9.03. The summed E-state index contributed by atoms with van der Waals surface area (Å²) in [5.41, 5.74) is 2.71. The van der Waals surface area contributed by atoms with Crippen LogP contribution < -0.4 is 19.5 Å². The summed E-state index contributed by atoms with van der Waals surface area (Å²) >= 11 is 0. The topological polar surface area (TPSA) is 83.7 Å². The number of hydrogen-bond acceptors (Lipinski definition) is 6. The van der Waals surface area contributed by atoms with E-state index in [1.165, 1.54) is 0 Å². The predicted octanol–water partition coefficient (Wildman–Crippen LogP) is 3.20. The Morgan fingerprint density at radius 1 is 1.14 bits per heavy atom. The zero-order valence-electron chi connectivity index (χ0n) is 17.1. The summed E-state index contributed by atoms with van der Waals surface area (Å²) in [6, 6.07) is 15.3. The van der Waals surface area contributed by atoms with E-state index in [4.69, 9.17) is 19.5 Å². The van der Waals surface area contributed by atoms with Gasteiger partial charge in [0.2, 0.25) is 0 Å². The van der Waals surface area contributed by atoms with Gasteiger partial charge in [0.1, 0.15) is 18.5 Å². The van der Waals surface area contributed by atoms with Gasteiger partial charge in [0.25, 0.3) is 0 Å². The maximum atomic E-state index is 10.1. The summed E-state index contributed by atoms with van der Waals surface area (Å²) in [4.78, 5) is 0. The van der Waals surface area contributed by atoms with Crippen LogP contribution in [-0.4, -0.2) is 45.1 Å². The molecule has 0 radical (unpaired) electrons. The molecule has 0 amide bonds. The van der Waals surface area contributed by atoms with Crippen LogP contribution >= 0.6 is 0 Å².